The summed E-state index contributed by atoms with van der Waals surface area (Å²) in [5.74, 6) is 1.17. The Morgan fingerprint density at radius 2 is 1.86 bits per heavy atom. The lowest BCUT2D eigenvalue weighted by atomic mass is 9.79. The Bertz CT molecular complexity index is 471. The van der Waals surface area contributed by atoms with E-state index in [9.17, 15) is 5.11 Å². The van der Waals surface area contributed by atoms with Crippen LogP contribution in [-0.4, -0.2) is 18.3 Å². The van der Waals surface area contributed by atoms with Gasteiger partial charge >= 0.3 is 0 Å². The van der Waals surface area contributed by atoms with Gasteiger partial charge in [-0.15, -0.1) is 0 Å². The van der Waals surface area contributed by atoms with Crippen molar-refractivity contribution in [1.29, 1.82) is 0 Å². The lowest BCUT2D eigenvalue weighted by Crippen LogP contribution is -2.33. The molecule has 2 heteroatoms. The lowest BCUT2D eigenvalue weighted by molar-refractivity contribution is 0.131. The topological polar surface area (TPSA) is 32.3 Å². The summed E-state index contributed by atoms with van der Waals surface area (Å²) in [6.45, 7) is 3.68. The van der Waals surface area contributed by atoms with Crippen LogP contribution in [0, 0.1) is 11.8 Å². The number of rotatable bonds is 5. The fourth-order valence-electron chi connectivity index (χ4n) is 4.10. The summed E-state index contributed by atoms with van der Waals surface area (Å²) in [7, 11) is 0. The normalized spacial score (nSPS) is 26.6. The zero-order chi connectivity index (χ0) is 14.7. The molecule has 2 aliphatic rings. The van der Waals surface area contributed by atoms with Crippen molar-refractivity contribution in [2.24, 2.45) is 11.8 Å². The van der Waals surface area contributed by atoms with Crippen LogP contribution in [0.1, 0.15) is 61.8 Å². The highest BCUT2D eigenvalue weighted by molar-refractivity contribution is 5.36. The molecule has 116 valence electrons. The number of nitrogens with one attached hydrogen (secondary N) is 1. The molecule has 0 saturated heterocycles. The van der Waals surface area contributed by atoms with E-state index in [1.807, 2.05) is 0 Å². The third kappa shape index (κ3) is 3.49. The highest BCUT2D eigenvalue weighted by Crippen LogP contribution is 2.30. The molecule has 3 atom stereocenters. The average Bonchev–Trinajstić information content (AvgIpc) is 3.00. The van der Waals surface area contributed by atoms with E-state index in [2.05, 4.69) is 30.4 Å². The minimum absolute atomic E-state index is 0.361. The summed E-state index contributed by atoms with van der Waals surface area (Å²) < 4.78 is 0. The van der Waals surface area contributed by atoms with E-state index in [1.54, 1.807) is 11.1 Å². The van der Waals surface area contributed by atoms with Gasteiger partial charge in [0.05, 0.1) is 0 Å². The summed E-state index contributed by atoms with van der Waals surface area (Å²) >= 11 is 0. The van der Waals surface area contributed by atoms with Gasteiger partial charge in [-0.2, -0.15) is 0 Å². The second-order valence-electron chi connectivity index (χ2n) is 7.00. The van der Waals surface area contributed by atoms with Gasteiger partial charge in [-0.3, -0.25) is 0 Å². The maximum Gasteiger partial charge on any atom is 0.0462 e. The van der Waals surface area contributed by atoms with E-state index in [0.717, 1.165) is 6.54 Å². The van der Waals surface area contributed by atoms with Gasteiger partial charge in [0.25, 0.3) is 0 Å². The maximum atomic E-state index is 9.52. The van der Waals surface area contributed by atoms with Crippen LogP contribution in [0.5, 0.6) is 0 Å². The van der Waals surface area contributed by atoms with Crippen molar-refractivity contribution < 1.29 is 5.11 Å². The molecule has 1 aromatic carbocycles. The van der Waals surface area contributed by atoms with E-state index in [1.165, 1.54) is 50.5 Å². The largest absolute Gasteiger partial charge is 0.396 e. The minimum atomic E-state index is 0.361. The van der Waals surface area contributed by atoms with E-state index in [0.29, 0.717) is 24.5 Å². The number of aryl methyl sites for hydroxylation is 2. The Morgan fingerprint density at radius 1 is 1.10 bits per heavy atom. The highest BCUT2D eigenvalue weighted by atomic mass is 16.3. The Balaban J connectivity index is 1.57. The van der Waals surface area contributed by atoms with Gasteiger partial charge in [-0.05, 0) is 74.1 Å². The molecule has 0 radical (unpaired) electrons. The minimum Gasteiger partial charge on any atom is -0.396 e. The molecule has 0 amide bonds. The molecule has 0 aromatic heterocycles. The van der Waals surface area contributed by atoms with E-state index >= 15 is 0 Å². The highest BCUT2D eigenvalue weighted by Gasteiger charge is 2.24. The molecule has 1 fully saturated rings. The van der Waals surface area contributed by atoms with Crippen LogP contribution in [-0.2, 0) is 12.8 Å². The van der Waals surface area contributed by atoms with Crippen LogP contribution in [0.25, 0.3) is 0 Å². The molecule has 3 rings (SSSR count). The fraction of sp³-hybridized carbons (Fsp3) is 0.684. The molecule has 2 nitrogen and oxygen atoms in total. The predicted molar refractivity (Wildman–Crippen MR) is 87.4 cm³/mol. The van der Waals surface area contributed by atoms with Crippen LogP contribution >= 0.6 is 0 Å². The van der Waals surface area contributed by atoms with Crippen molar-refractivity contribution in [2.75, 3.05) is 13.2 Å². The molecule has 0 aliphatic heterocycles. The molecule has 1 aromatic rings. The van der Waals surface area contributed by atoms with Gasteiger partial charge in [0.15, 0.2) is 0 Å². The molecule has 21 heavy (non-hydrogen) atoms. The maximum absolute atomic E-state index is 9.52. The molecular weight excluding hydrogens is 258 g/mol. The van der Waals surface area contributed by atoms with Crippen LogP contribution in [0.4, 0.5) is 0 Å². The smallest absolute Gasteiger partial charge is 0.0462 e. The number of aliphatic hydroxyl groups is 1. The Kier molecular flexibility index (Phi) is 4.97. The first-order chi connectivity index (χ1) is 10.3. The number of aliphatic hydroxyl groups excluding tert-OH is 1. The van der Waals surface area contributed by atoms with Gasteiger partial charge in [0, 0.05) is 12.6 Å². The number of fused-ring (bicyclic) bond motifs is 1. The molecule has 3 unspecified atom stereocenters. The Labute approximate surface area is 129 Å². The van der Waals surface area contributed by atoms with Crippen molar-refractivity contribution in [3.05, 3.63) is 34.9 Å². The van der Waals surface area contributed by atoms with E-state index in [4.69, 9.17) is 0 Å². The average molecular weight is 287 g/mol. The molecule has 1 saturated carbocycles. The first kappa shape index (κ1) is 15.1. The standard InChI is InChI=1S/C19H29NO/c1-14(16-10-9-15-7-4-8-17(15)11-16)20-12-18-5-2-3-6-19(18)13-21/h9-11,14,18-21H,2-8,12-13H2,1H3. The first-order valence-electron chi connectivity index (χ1n) is 8.74. The van der Waals surface area contributed by atoms with Crippen molar-refractivity contribution >= 4 is 0 Å². The summed E-state index contributed by atoms with van der Waals surface area (Å²) in [4.78, 5) is 0. The summed E-state index contributed by atoms with van der Waals surface area (Å²) in [5.41, 5.74) is 4.54. The van der Waals surface area contributed by atoms with Crippen molar-refractivity contribution in [3.8, 4) is 0 Å². The number of hydrogen-bond donors (Lipinski definition) is 2. The van der Waals surface area contributed by atoms with Crippen LogP contribution in [0.2, 0.25) is 0 Å². The quantitative estimate of drug-likeness (QED) is 0.867. The Morgan fingerprint density at radius 3 is 2.67 bits per heavy atom. The van der Waals surface area contributed by atoms with Gasteiger partial charge in [-0.1, -0.05) is 31.0 Å². The van der Waals surface area contributed by atoms with Gasteiger partial charge in [0.1, 0.15) is 0 Å². The zero-order valence-corrected chi connectivity index (χ0v) is 13.3. The molecule has 2 aliphatic carbocycles. The number of benzene rings is 1. The predicted octanol–water partition coefficient (Wildman–Crippen LogP) is 3.62. The zero-order valence-electron chi connectivity index (χ0n) is 13.3. The molecule has 0 bridgehead atoms. The summed E-state index contributed by atoms with van der Waals surface area (Å²) in [5, 5.41) is 13.2. The summed E-state index contributed by atoms with van der Waals surface area (Å²) in [6, 6.07) is 7.45. The van der Waals surface area contributed by atoms with E-state index < -0.39 is 0 Å². The van der Waals surface area contributed by atoms with Crippen molar-refractivity contribution in [1.82, 2.24) is 5.32 Å². The van der Waals surface area contributed by atoms with Crippen LogP contribution < -0.4 is 5.32 Å². The molecule has 0 spiro atoms. The Hall–Kier alpha value is -0.860. The van der Waals surface area contributed by atoms with Gasteiger partial charge in [0.2, 0.25) is 0 Å². The van der Waals surface area contributed by atoms with Crippen molar-refractivity contribution in [3.63, 3.8) is 0 Å². The van der Waals surface area contributed by atoms with Crippen molar-refractivity contribution in [2.45, 2.75) is 57.9 Å². The van der Waals surface area contributed by atoms with Gasteiger partial charge in [-0.25, -0.2) is 0 Å². The second kappa shape index (κ2) is 6.93. The third-order valence-electron chi connectivity index (χ3n) is 5.61. The fourth-order valence-corrected chi connectivity index (χ4v) is 4.10. The van der Waals surface area contributed by atoms with Crippen LogP contribution in [0.3, 0.4) is 0 Å². The second-order valence-corrected chi connectivity index (χ2v) is 7.00. The molecule has 2 N–H and O–H groups in total. The van der Waals surface area contributed by atoms with Gasteiger partial charge < -0.3 is 10.4 Å². The lowest BCUT2D eigenvalue weighted by Gasteiger charge is -2.31. The SMILES string of the molecule is CC(NCC1CCCCC1CO)c1ccc2c(c1)CCC2. The van der Waals surface area contributed by atoms with E-state index in [-0.39, 0.29) is 0 Å². The monoisotopic (exact) mass is 287 g/mol. The third-order valence-corrected chi connectivity index (χ3v) is 5.61. The molecular formula is C19H29NO. The first-order valence-corrected chi connectivity index (χ1v) is 8.74. The molecule has 0 heterocycles. The van der Waals surface area contributed by atoms with Crippen LogP contribution in [0.15, 0.2) is 18.2 Å². The number of hydrogen-bond acceptors (Lipinski definition) is 2. The summed E-state index contributed by atoms with van der Waals surface area (Å²) in [6.07, 6.45) is 8.94.